The molecule has 2 rings (SSSR count). The summed E-state index contributed by atoms with van der Waals surface area (Å²) in [6.07, 6.45) is 1.72. The maximum absolute atomic E-state index is 12.0. The van der Waals surface area contributed by atoms with Crippen LogP contribution < -0.4 is 14.8 Å². The van der Waals surface area contributed by atoms with E-state index in [0.717, 1.165) is 16.8 Å². The summed E-state index contributed by atoms with van der Waals surface area (Å²) in [6, 6.07) is 13.0. The molecule has 0 aliphatic rings. The van der Waals surface area contributed by atoms with Gasteiger partial charge in [0.1, 0.15) is 0 Å². The van der Waals surface area contributed by atoms with Crippen molar-refractivity contribution in [2.75, 3.05) is 33.1 Å². The van der Waals surface area contributed by atoms with E-state index in [9.17, 15) is 4.79 Å². The minimum atomic E-state index is -0.231. The minimum absolute atomic E-state index is 0.102. The molecule has 0 aromatic heterocycles. The quantitative estimate of drug-likeness (QED) is 0.621. The van der Waals surface area contributed by atoms with Crippen molar-refractivity contribution in [1.82, 2.24) is 5.01 Å². The number of aryl methyl sites for hydroxylation is 1. The highest BCUT2D eigenvalue weighted by atomic mass is 16.5. The van der Waals surface area contributed by atoms with Crippen molar-refractivity contribution in [3.8, 4) is 11.5 Å². The zero-order valence-corrected chi connectivity index (χ0v) is 14.9. The number of hydrazone groups is 1. The highest BCUT2D eigenvalue weighted by Crippen LogP contribution is 2.27. The van der Waals surface area contributed by atoms with Gasteiger partial charge < -0.3 is 19.8 Å². The van der Waals surface area contributed by atoms with Crippen molar-refractivity contribution < 1.29 is 14.3 Å². The van der Waals surface area contributed by atoms with Crippen molar-refractivity contribution in [3.05, 3.63) is 53.6 Å². The Kier molecular flexibility index (Phi) is 6.39. The summed E-state index contributed by atoms with van der Waals surface area (Å²) in [6.45, 7) is 1.87. The molecule has 1 N–H and O–H groups in total. The van der Waals surface area contributed by atoms with Crippen LogP contribution in [0, 0.1) is 6.92 Å². The van der Waals surface area contributed by atoms with Crippen molar-refractivity contribution in [2.24, 2.45) is 5.10 Å². The highest BCUT2D eigenvalue weighted by molar-refractivity contribution is 5.92. The maximum atomic E-state index is 12.0. The number of amides is 1. The number of carbonyl (C=O) groups excluding carboxylic acids is 1. The Balaban J connectivity index is 1.98. The van der Waals surface area contributed by atoms with E-state index >= 15 is 0 Å². The summed E-state index contributed by atoms with van der Waals surface area (Å²) in [5, 5.41) is 8.68. The summed E-state index contributed by atoms with van der Waals surface area (Å²) in [5.74, 6) is 0.820. The van der Waals surface area contributed by atoms with Gasteiger partial charge in [-0.3, -0.25) is 4.79 Å². The second-order valence-electron chi connectivity index (χ2n) is 5.71. The monoisotopic (exact) mass is 341 g/mol. The molecule has 132 valence electrons. The smallest absolute Gasteiger partial charge is 0.262 e. The largest absolute Gasteiger partial charge is 0.493 e. The fourth-order valence-electron chi connectivity index (χ4n) is 2.13. The lowest BCUT2D eigenvalue weighted by Crippen LogP contribution is -2.20. The zero-order chi connectivity index (χ0) is 18.2. The molecule has 6 nitrogen and oxygen atoms in total. The molecule has 0 aliphatic heterocycles. The SMILES string of the molecule is COc1cc(/C=N/N(C)C)ccc1OCC(=O)Nc1cccc(C)c1. The van der Waals surface area contributed by atoms with E-state index in [0.29, 0.717) is 11.5 Å². The first kappa shape index (κ1) is 18.3. The molecular formula is C19H23N3O3. The van der Waals surface area contributed by atoms with Gasteiger partial charge in [-0.2, -0.15) is 5.10 Å². The van der Waals surface area contributed by atoms with Gasteiger partial charge in [0.15, 0.2) is 18.1 Å². The van der Waals surface area contributed by atoms with Crippen molar-refractivity contribution >= 4 is 17.8 Å². The number of rotatable bonds is 7. The molecule has 0 atom stereocenters. The van der Waals surface area contributed by atoms with Gasteiger partial charge in [-0.15, -0.1) is 0 Å². The topological polar surface area (TPSA) is 63.2 Å². The molecule has 0 unspecified atom stereocenters. The molecule has 0 heterocycles. The standard InChI is InChI=1S/C19H23N3O3/c1-14-6-5-7-16(10-14)21-19(23)13-25-17-9-8-15(11-18(17)24-4)12-20-22(2)3/h5-12H,13H2,1-4H3,(H,21,23)/b20-12+. The van der Waals surface area contributed by atoms with E-state index in [4.69, 9.17) is 9.47 Å². The average Bonchev–Trinajstić information content (AvgIpc) is 2.58. The molecule has 0 aliphatic carbocycles. The summed E-state index contributed by atoms with van der Waals surface area (Å²) in [7, 11) is 5.25. The number of ether oxygens (including phenoxy) is 2. The molecule has 2 aromatic rings. The van der Waals surface area contributed by atoms with Gasteiger partial charge in [-0.25, -0.2) is 0 Å². The lowest BCUT2D eigenvalue weighted by atomic mass is 10.2. The minimum Gasteiger partial charge on any atom is -0.493 e. The number of hydrogen-bond donors (Lipinski definition) is 1. The molecule has 0 saturated carbocycles. The van der Waals surface area contributed by atoms with Crippen LogP contribution in [-0.4, -0.2) is 44.9 Å². The molecule has 0 fully saturated rings. The van der Waals surface area contributed by atoms with Gasteiger partial charge >= 0.3 is 0 Å². The third-order valence-electron chi connectivity index (χ3n) is 3.29. The lowest BCUT2D eigenvalue weighted by molar-refractivity contribution is -0.118. The molecule has 25 heavy (non-hydrogen) atoms. The summed E-state index contributed by atoms with van der Waals surface area (Å²) in [5.41, 5.74) is 2.70. The molecule has 0 radical (unpaired) electrons. The normalized spacial score (nSPS) is 10.6. The third-order valence-corrected chi connectivity index (χ3v) is 3.29. The summed E-state index contributed by atoms with van der Waals surface area (Å²) < 4.78 is 10.9. The Morgan fingerprint density at radius 1 is 1.20 bits per heavy atom. The zero-order valence-electron chi connectivity index (χ0n) is 14.9. The van der Waals surface area contributed by atoms with Crippen molar-refractivity contribution in [3.63, 3.8) is 0 Å². The fraction of sp³-hybridized carbons (Fsp3) is 0.263. The van der Waals surface area contributed by atoms with Gasteiger partial charge in [0.2, 0.25) is 0 Å². The van der Waals surface area contributed by atoms with E-state index < -0.39 is 0 Å². The Hall–Kier alpha value is -3.02. The number of nitrogens with one attached hydrogen (secondary N) is 1. The van der Waals surface area contributed by atoms with E-state index in [2.05, 4.69) is 10.4 Å². The summed E-state index contributed by atoms with van der Waals surface area (Å²) >= 11 is 0. The molecule has 2 aromatic carbocycles. The summed E-state index contributed by atoms with van der Waals surface area (Å²) in [4.78, 5) is 12.0. The van der Waals surface area contributed by atoms with Crippen LogP contribution in [0.5, 0.6) is 11.5 Å². The molecule has 0 bridgehead atoms. The van der Waals surface area contributed by atoms with Gasteiger partial charge in [0.05, 0.1) is 13.3 Å². The van der Waals surface area contributed by atoms with Crippen LogP contribution >= 0.6 is 0 Å². The fourth-order valence-corrected chi connectivity index (χ4v) is 2.13. The second kappa shape index (κ2) is 8.73. The highest BCUT2D eigenvalue weighted by Gasteiger charge is 2.09. The van der Waals surface area contributed by atoms with Gasteiger partial charge in [-0.05, 0) is 48.4 Å². The molecule has 0 saturated heterocycles. The lowest BCUT2D eigenvalue weighted by Gasteiger charge is -2.12. The number of carbonyl (C=O) groups is 1. The van der Waals surface area contributed by atoms with Crippen molar-refractivity contribution in [2.45, 2.75) is 6.92 Å². The Bertz CT molecular complexity index is 757. The predicted octanol–water partition coefficient (Wildman–Crippen LogP) is 2.92. The Labute approximate surface area is 148 Å². The van der Waals surface area contributed by atoms with Crippen LogP contribution in [0.25, 0.3) is 0 Å². The Morgan fingerprint density at radius 2 is 2.00 bits per heavy atom. The number of anilines is 1. The van der Waals surface area contributed by atoms with E-state index in [-0.39, 0.29) is 12.5 Å². The van der Waals surface area contributed by atoms with Crippen LogP contribution in [-0.2, 0) is 4.79 Å². The first-order chi connectivity index (χ1) is 12.0. The van der Waals surface area contributed by atoms with Gasteiger partial charge in [0, 0.05) is 19.8 Å². The van der Waals surface area contributed by atoms with E-state index in [1.165, 1.54) is 0 Å². The van der Waals surface area contributed by atoms with E-state index in [1.54, 1.807) is 30.5 Å². The van der Waals surface area contributed by atoms with Crippen LogP contribution in [0.15, 0.2) is 47.6 Å². The van der Waals surface area contributed by atoms with Crippen LogP contribution in [0.1, 0.15) is 11.1 Å². The molecule has 6 heteroatoms. The molecule has 1 amide bonds. The molecule has 0 spiro atoms. The van der Waals surface area contributed by atoms with Crippen molar-refractivity contribution in [1.29, 1.82) is 0 Å². The Morgan fingerprint density at radius 3 is 2.68 bits per heavy atom. The number of hydrogen-bond acceptors (Lipinski definition) is 5. The first-order valence-corrected chi connectivity index (χ1v) is 7.86. The van der Waals surface area contributed by atoms with Crippen LogP contribution in [0.2, 0.25) is 0 Å². The maximum Gasteiger partial charge on any atom is 0.262 e. The third kappa shape index (κ3) is 5.84. The van der Waals surface area contributed by atoms with E-state index in [1.807, 2.05) is 51.4 Å². The first-order valence-electron chi connectivity index (χ1n) is 7.86. The van der Waals surface area contributed by atoms with Gasteiger partial charge in [0.25, 0.3) is 5.91 Å². The average molecular weight is 341 g/mol. The van der Waals surface area contributed by atoms with Gasteiger partial charge in [-0.1, -0.05) is 12.1 Å². The number of nitrogens with zero attached hydrogens (tertiary/aromatic N) is 2. The predicted molar refractivity (Wildman–Crippen MR) is 99.6 cm³/mol. The number of methoxy groups -OCH3 is 1. The second-order valence-corrected chi connectivity index (χ2v) is 5.71. The number of benzene rings is 2. The van der Waals surface area contributed by atoms with Crippen LogP contribution in [0.4, 0.5) is 5.69 Å². The molecular weight excluding hydrogens is 318 g/mol. The van der Waals surface area contributed by atoms with Crippen LogP contribution in [0.3, 0.4) is 0 Å².